The predicted molar refractivity (Wildman–Crippen MR) is 73.2 cm³/mol. The molecule has 0 heterocycles. The van der Waals surface area contributed by atoms with E-state index in [9.17, 15) is 24.5 Å². The lowest BCUT2D eigenvalue weighted by atomic mass is 10.2. The molecule has 0 aliphatic heterocycles. The van der Waals surface area contributed by atoms with E-state index in [4.69, 9.17) is 5.73 Å². The second-order valence-electron chi connectivity index (χ2n) is 4.03. The van der Waals surface area contributed by atoms with Crippen molar-refractivity contribution >= 4 is 29.1 Å². The number of carbonyl (C=O) groups excluding carboxylic acids is 3. The molecule has 1 aromatic rings. The maximum Gasteiger partial charge on any atom is 0.318 e. The Labute approximate surface area is 119 Å². The lowest BCUT2D eigenvalue weighted by Crippen LogP contribution is -2.44. The van der Waals surface area contributed by atoms with Gasteiger partial charge in [-0.25, -0.2) is 0 Å². The Hall–Kier alpha value is -2.81. The van der Waals surface area contributed by atoms with Gasteiger partial charge < -0.3 is 11.1 Å². The topological polar surface area (TPSA) is 136 Å². The number of rotatable bonds is 4. The number of nitro benzene ring substituents is 1. The molecule has 112 valence electrons. The van der Waals surface area contributed by atoms with Crippen LogP contribution in [0.3, 0.4) is 0 Å². The van der Waals surface area contributed by atoms with Gasteiger partial charge in [-0.05, 0) is 6.07 Å². The minimum atomic E-state index is -1.07. The summed E-state index contributed by atoms with van der Waals surface area (Å²) in [5.41, 5.74) is 5.11. The van der Waals surface area contributed by atoms with E-state index >= 15 is 0 Å². The molecule has 3 N–H and O–H groups in total. The van der Waals surface area contributed by atoms with Crippen LogP contribution in [0.15, 0.2) is 24.3 Å². The summed E-state index contributed by atoms with van der Waals surface area (Å²) in [5.74, 6) is -2.75. The molecule has 0 radical (unpaired) electrons. The van der Waals surface area contributed by atoms with E-state index in [1.165, 1.54) is 18.2 Å². The monoisotopic (exact) mass is 294 g/mol. The van der Waals surface area contributed by atoms with Crippen LogP contribution < -0.4 is 11.1 Å². The Morgan fingerprint density at radius 1 is 1.38 bits per heavy atom. The molecule has 21 heavy (non-hydrogen) atoms. The SMILES string of the molecule is CC(=O)N(CCN)C(=O)C(=O)Nc1cccc([N+](=O)[O-])c1. The lowest BCUT2D eigenvalue weighted by Gasteiger charge is -2.17. The Bertz CT molecular complexity index is 587. The largest absolute Gasteiger partial charge is 0.329 e. The zero-order chi connectivity index (χ0) is 16.0. The van der Waals surface area contributed by atoms with Crippen molar-refractivity contribution in [3.8, 4) is 0 Å². The zero-order valence-corrected chi connectivity index (χ0v) is 11.2. The molecule has 0 atom stereocenters. The number of non-ortho nitro benzene ring substituents is 1. The lowest BCUT2D eigenvalue weighted by molar-refractivity contribution is -0.384. The smallest absolute Gasteiger partial charge is 0.318 e. The van der Waals surface area contributed by atoms with E-state index in [2.05, 4.69) is 5.32 Å². The number of nitro groups is 1. The number of benzene rings is 1. The standard InChI is InChI=1S/C12H14N4O5/c1-8(17)15(6-5-13)12(19)11(18)14-9-3-2-4-10(7-9)16(20)21/h2-4,7H,5-6,13H2,1H3,(H,14,18). The van der Waals surface area contributed by atoms with E-state index in [0.717, 1.165) is 13.0 Å². The molecule has 1 rings (SSSR count). The first-order valence-electron chi connectivity index (χ1n) is 5.94. The van der Waals surface area contributed by atoms with Gasteiger partial charge in [0, 0.05) is 37.8 Å². The molecule has 3 amide bonds. The molecular weight excluding hydrogens is 280 g/mol. The molecule has 0 spiro atoms. The van der Waals surface area contributed by atoms with Crippen LogP contribution in [0.25, 0.3) is 0 Å². The Morgan fingerprint density at radius 2 is 2.05 bits per heavy atom. The second kappa shape index (κ2) is 7.10. The number of imide groups is 1. The van der Waals surface area contributed by atoms with Gasteiger partial charge in [-0.15, -0.1) is 0 Å². The number of nitrogens with one attached hydrogen (secondary N) is 1. The van der Waals surface area contributed by atoms with Gasteiger partial charge in [0.15, 0.2) is 0 Å². The number of hydrogen-bond acceptors (Lipinski definition) is 6. The van der Waals surface area contributed by atoms with E-state index in [1.807, 2.05) is 0 Å². The van der Waals surface area contributed by atoms with Gasteiger partial charge in [-0.2, -0.15) is 0 Å². The molecule has 9 nitrogen and oxygen atoms in total. The zero-order valence-electron chi connectivity index (χ0n) is 11.2. The number of amides is 3. The van der Waals surface area contributed by atoms with Crippen molar-refractivity contribution in [2.45, 2.75) is 6.92 Å². The highest BCUT2D eigenvalue weighted by atomic mass is 16.6. The number of carbonyl (C=O) groups is 3. The fraction of sp³-hybridized carbons (Fsp3) is 0.250. The Balaban J connectivity index is 2.85. The van der Waals surface area contributed by atoms with Crippen molar-refractivity contribution < 1.29 is 19.3 Å². The highest BCUT2D eigenvalue weighted by Crippen LogP contribution is 2.17. The molecule has 0 bridgehead atoms. The van der Waals surface area contributed by atoms with Crippen LogP contribution in [0.4, 0.5) is 11.4 Å². The summed E-state index contributed by atoms with van der Waals surface area (Å²) in [6, 6.07) is 5.10. The first-order valence-corrected chi connectivity index (χ1v) is 5.94. The van der Waals surface area contributed by atoms with Gasteiger partial charge in [-0.3, -0.25) is 29.4 Å². The van der Waals surface area contributed by atoms with Crippen molar-refractivity contribution in [1.82, 2.24) is 4.90 Å². The molecule has 0 aromatic heterocycles. The van der Waals surface area contributed by atoms with E-state index in [1.54, 1.807) is 0 Å². The van der Waals surface area contributed by atoms with E-state index < -0.39 is 22.6 Å². The maximum atomic E-state index is 11.8. The molecule has 1 aromatic carbocycles. The molecule has 9 heteroatoms. The van der Waals surface area contributed by atoms with E-state index in [-0.39, 0.29) is 24.5 Å². The Kier molecular flexibility index (Phi) is 5.49. The average Bonchev–Trinajstić information content (AvgIpc) is 2.43. The predicted octanol–water partition coefficient (Wildman–Crippen LogP) is -0.133. The van der Waals surface area contributed by atoms with Crippen molar-refractivity contribution in [2.24, 2.45) is 5.73 Å². The molecule has 0 fully saturated rings. The van der Waals surface area contributed by atoms with Crippen LogP contribution in [0, 0.1) is 10.1 Å². The van der Waals surface area contributed by atoms with Crippen molar-refractivity contribution in [2.75, 3.05) is 18.4 Å². The quantitative estimate of drug-likeness (QED) is 0.451. The second-order valence-corrected chi connectivity index (χ2v) is 4.03. The highest BCUT2D eigenvalue weighted by Gasteiger charge is 2.24. The van der Waals surface area contributed by atoms with E-state index in [0.29, 0.717) is 4.90 Å². The Morgan fingerprint density at radius 3 is 2.57 bits per heavy atom. The van der Waals surface area contributed by atoms with Gasteiger partial charge in [-0.1, -0.05) is 6.07 Å². The van der Waals surface area contributed by atoms with Gasteiger partial charge in [0.05, 0.1) is 4.92 Å². The van der Waals surface area contributed by atoms with Crippen molar-refractivity contribution in [1.29, 1.82) is 0 Å². The summed E-state index contributed by atoms with van der Waals surface area (Å²) in [5, 5.41) is 12.8. The highest BCUT2D eigenvalue weighted by molar-refractivity contribution is 6.41. The normalized spacial score (nSPS) is 9.81. The van der Waals surface area contributed by atoms with Gasteiger partial charge >= 0.3 is 11.8 Å². The van der Waals surface area contributed by atoms with Crippen LogP contribution in [-0.2, 0) is 14.4 Å². The van der Waals surface area contributed by atoms with Crippen LogP contribution in [0.1, 0.15) is 6.92 Å². The summed E-state index contributed by atoms with van der Waals surface area (Å²) in [6.07, 6.45) is 0. The molecule has 0 saturated carbocycles. The summed E-state index contributed by atoms with van der Waals surface area (Å²) >= 11 is 0. The number of nitrogens with two attached hydrogens (primary N) is 1. The third kappa shape index (κ3) is 4.35. The number of anilines is 1. The maximum absolute atomic E-state index is 11.8. The molecule has 0 aliphatic carbocycles. The fourth-order valence-corrected chi connectivity index (χ4v) is 1.54. The van der Waals surface area contributed by atoms with Crippen molar-refractivity contribution in [3.63, 3.8) is 0 Å². The fourth-order valence-electron chi connectivity index (χ4n) is 1.54. The number of hydrogen-bond donors (Lipinski definition) is 2. The number of nitrogens with zero attached hydrogens (tertiary/aromatic N) is 2. The summed E-state index contributed by atoms with van der Waals surface area (Å²) in [4.78, 5) is 45.5. The molecular formula is C12H14N4O5. The van der Waals surface area contributed by atoms with Gasteiger partial charge in [0.2, 0.25) is 5.91 Å². The van der Waals surface area contributed by atoms with Crippen LogP contribution in [-0.4, -0.2) is 40.6 Å². The van der Waals surface area contributed by atoms with Crippen LogP contribution >= 0.6 is 0 Å². The van der Waals surface area contributed by atoms with Gasteiger partial charge in [0.1, 0.15) is 0 Å². The summed E-state index contributed by atoms with van der Waals surface area (Å²) in [6.45, 7) is 1.07. The minimum absolute atomic E-state index is 0.0232. The third-order valence-electron chi connectivity index (χ3n) is 2.49. The van der Waals surface area contributed by atoms with Crippen LogP contribution in [0.5, 0.6) is 0 Å². The minimum Gasteiger partial charge on any atom is -0.329 e. The molecule has 0 unspecified atom stereocenters. The van der Waals surface area contributed by atoms with Crippen molar-refractivity contribution in [3.05, 3.63) is 34.4 Å². The first kappa shape index (κ1) is 16.2. The summed E-state index contributed by atoms with van der Waals surface area (Å²) < 4.78 is 0. The third-order valence-corrected chi connectivity index (χ3v) is 2.49. The molecule has 0 saturated heterocycles. The van der Waals surface area contributed by atoms with Crippen LogP contribution in [0.2, 0.25) is 0 Å². The summed E-state index contributed by atoms with van der Waals surface area (Å²) in [7, 11) is 0. The molecule has 0 aliphatic rings. The first-order chi connectivity index (χ1) is 9.86. The average molecular weight is 294 g/mol. The van der Waals surface area contributed by atoms with Gasteiger partial charge in [0.25, 0.3) is 5.69 Å².